The predicted molar refractivity (Wildman–Crippen MR) is 78.1 cm³/mol. The number of ether oxygens (including phenoxy) is 1. The zero-order chi connectivity index (χ0) is 14.2. The zero-order valence-electron chi connectivity index (χ0n) is 11.0. The SMILES string of the molecule is COC(=O)C1(c2nccc(-c3ccc(Br)cc3)n2)CC1. The van der Waals surface area contributed by atoms with Gasteiger partial charge < -0.3 is 4.74 Å². The summed E-state index contributed by atoms with van der Waals surface area (Å²) < 4.78 is 5.89. The van der Waals surface area contributed by atoms with E-state index in [4.69, 9.17) is 4.74 Å². The van der Waals surface area contributed by atoms with Gasteiger partial charge in [0.2, 0.25) is 0 Å². The quantitative estimate of drug-likeness (QED) is 0.810. The minimum atomic E-state index is -0.625. The van der Waals surface area contributed by atoms with Gasteiger partial charge in [0.05, 0.1) is 12.8 Å². The van der Waals surface area contributed by atoms with Gasteiger partial charge in [-0.2, -0.15) is 0 Å². The van der Waals surface area contributed by atoms with Crippen molar-refractivity contribution < 1.29 is 9.53 Å². The molecule has 2 aromatic rings. The molecule has 0 amide bonds. The lowest BCUT2D eigenvalue weighted by molar-refractivity contribution is -0.143. The summed E-state index contributed by atoms with van der Waals surface area (Å²) in [6.07, 6.45) is 3.20. The van der Waals surface area contributed by atoms with Crippen molar-refractivity contribution in [2.45, 2.75) is 18.3 Å². The van der Waals surface area contributed by atoms with E-state index in [0.717, 1.165) is 28.6 Å². The lowest BCUT2D eigenvalue weighted by Crippen LogP contribution is -2.24. The maximum absolute atomic E-state index is 11.9. The fourth-order valence-corrected chi connectivity index (χ4v) is 2.47. The van der Waals surface area contributed by atoms with Crippen LogP contribution in [0, 0.1) is 0 Å². The van der Waals surface area contributed by atoms with Crippen molar-refractivity contribution in [2.24, 2.45) is 0 Å². The Morgan fingerprint density at radius 2 is 1.95 bits per heavy atom. The minimum Gasteiger partial charge on any atom is -0.468 e. The van der Waals surface area contributed by atoms with E-state index in [1.165, 1.54) is 7.11 Å². The number of methoxy groups -OCH3 is 1. The first kappa shape index (κ1) is 13.2. The highest BCUT2D eigenvalue weighted by Crippen LogP contribution is 2.47. The first-order valence-electron chi connectivity index (χ1n) is 6.33. The van der Waals surface area contributed by atoms with Crippen molar-refractivity contribution in [1.29, 1.82) is 0 Å². The Hall–Kier alpha value is -1.75. The van der Waals surface area contributed by atoms with Crippen molar-refractivity contribution >= 4 is 21.9 Å². The summed E-state index contributed by atoms with van der Waals surface area (Å²) in [4.78, 5) is 20.7. The van der Waals surface area contributed by atoms with Crippen molar-refractivity contribution in [3.05, 3.63) is 46.8 Å². The smallest absolute Gasteiger partial charge is 0.319 e. The monoisotopic (exact) mass is 332 g/mol. The second kappa shape index (κ2) is 4.98. The molecule has 4 nitrogen and oxygen atoms in total. The molecule has 0 N–H and O–H groups in total. The number of rotatable bonds is 3. The molecule has 3 rings (SSSR count). The number of carbonyl (C=O) groups excluding carboxylic acids is 1. The van der Waals surface area contributed by atoms with Gasteiger partial charge in [-0.15, -0.1) is 0 Å². The lowest BCUT2D eigenvalue weighted by Gasteiger charge is -2.12. The third kappa shape index (κ3) is 2.22. The number of carbonyl (C=O) groups is 1. The predicted octanol–water partition coefficient (Wildman–Crippen LogP) is 3.11. The fourth-order valence-electron chi connectivity index (χ4n) is 2.21. The second-order valence-corrected chi connectivity index (χ2v) is 5.76. The summed E-state index contributed by atoms with van der Waals surface area (Å²) in [5, 5.41) is 0. The van der Waals surface area contributed by atoms with Crippen molar-refractivity contribution in [1.82, 2.24) is 9.97 Å². The van der Waals surface area contributed by atoms with E-state index >= 15 is 0 Å². The molecule has 1 saturated carbocycles. The third-order valence-corrected chi connectivity index (χ3v) is 4.08. The minimum absolute atomic E-state index is 0.245. The average Bonchev–Trinajstić information content (AvgIpc) is 3.29. The molecule has 102 valence electrons. The molecule has 0 atom stereocenters. The van der Waals surface area contributed by atoms with Crippen LogP contribution in [0.4, 0.5) is 0 Å². The van der Waals surface area contributed by atoms with E-state index in [1.807, 2.05) is 30.3 Å². The summed E-state index contributed by atoms with van der Waals surface area (Å²) >= 11 is 3.41. The number of hydrogen-bond donors (Lipinski definition) is 0. The molecular weight excluding hydrogens is 320 g/mol. The van der Waals surface area contributed by atoms with Crippen LogP contribution in [0.1, 0.15) is 18.7 Å². The van der Waals surface area contributed by atoms with Crippen LogP contribution in [-0.2, 0) is 14.9 Å². The molecule has 20 heavy (non-hydrogen) atoms. The van der Waals surface area contributed by atoms with Gasteiger partial charge >= 0.3 is 5.97 Å². The van der Waals surface area contributed by atoms with Gasteiger partial charge in [-0.05, 0) is 31.0 Å². The highest BCUT2D eigenvalue weighted by atomic mass is 79.9. The number of aromatic nitrogens is 2. The van der Waals surface area contributed by atoms with Gasteiger partial charge in [-0.3, -0.25) is 4.79 Å². The topological polar surface area (TPSA) is 52.1 Å². The van der Waals surface area contributed by atoms with Crippen LogP contribution in [0.25, 0.3) is 11.3 Å². The number of nitrogens with zero attached hydrogens (tertiary/aromatic N) is 2. The lowest BCUT2D eigenvalue weighted by atomic mass is 10.1. The summed E-state index contributed by atoms with van der Waals surface area (Å²) in [6, 6.07) is 9.73. The molecule has 5 heteroatoms. The van der Waals surface area contributed by atoms with E-state index in [-0.39, 0.29) is 5.97 Å². The Morgan fingerprint density at radius 1 is 1.25 bits per heavy atom. The second-order valence-electron chi connectivity index (χ2n) is 4.85. The van der Waals surface area contributed by atoms with Gasteiger partial charge in [0.15, 0.2) is 0 Å². The first-order chi connectivity index (χ1) is 9.65. The summed E-state index contributed by atoms with van der Waals surface area (Å²) in [6.45, 7) is 0. The Bertz CT molecular complexity index is 651. The van der Waals surface area contributed by atoms with Gasteiger partial charge in [0.1, 0.15) is 11.2 Å². The van der Waals surface area contributed by atoms with E-state index in [2.05, 4.69) is 25.9 Å². The van der Waals surface area contributed by atoms with Gasteiger partial charge in [-0.1, -0.05) is 28.1 Å². The van der Waals surface area contributed by atoms with Crippen LogP contribution < -0.4 is 0 Å². The number of benzene rings is 1. The molecule has 1 aliphatic rings. The van der Waals surface area contributed by atoms with Crippen LogP contribution in [0.3, 0.4) is 0 Å². The Balaban J connectivity index is 1.98. The molecular formula is C15H13BrN2O2. The molecule has 1 aliphatic carbocycles. The van der Waals surface area contributed by atoms with Crippen molar-refractivity contribution in [3.63, 3.8) is 0 Å². The molecule has 1 aromatic carbocycles. The number of hydrogen-bond acceptors (Lipinski definition) is 4. The van der Waals surface area contributed by atoms with Crippen molar-refractivity contribution in [3.8, 4) is 11.3 Å². The maximum atomic E-state index is 11.9. The Kier molecular flexibility index (Phi) is 3.30. The molecule has 0 radical (unpaired) electrons. The third-order valence-electron chi connectivity index (χ3n) is 3.55. The summed E-state index contributed by atoms with van der Waals surface area (Å²) in [7, 11) is 1.40. The van der Waals surface area contributed by atoms with Crippen LogP contribution in [0.5, 0.6) is 0 Å². The maximum Gasteiger partial charge on any atom is 0.319 e. The van der Waals surface area contributed by atoms with Crippen LogP contribution in [0.15, 0.2) is 41.0 Å². The fraction of sp³-hybridized carbons (Fsp3) is 0.267. The van der Waals surface area contributed by atoms with Crippen LogP contribution in [-0.4, -0.2) is 23.0 Å². The number of halogens is 1. The first-order valence-corrected chi connectivity index (χ1v) is 7.13. The van der Waals surface area contributed by atoms with Gasteiger partial charge in [0.25, 0.3) is 0 Å². The van der Waals surface area contributed by atoms with E-state index < -0.39 is 5.41 Å². The Morgan fingerprint density at radius 3 is 2.55 bits per heavy atom. The van der Waals surface area contributed by atoms with E-state index in [1.54, 1.807) is 6.20 Å². The van der Waals surface area contributed by atoms with E-state index in [0.29, 0.717) is 5.82 Å². The molecule has 1 fully saturated rings. The highest BCUT2D eigenvalue weighted by molar-refractivity contribution is 9.10. The summed E-state index contributed by atoms with van der Waals surface area (Å²) in [5.74, 6) is 0.315. The highest BCUT2D eigenvalue weighted by Gasteiger charge is 2.55. The standard InChI is InChI=1S/C15H13BrN2O2/c1-20-14(19)15(7-8-15)13-17-9-6-12(18-13)10-2-4-11(16)5-3-10/h2-6,9H,7-8H2,1H3. The van der Waals surface area contributed by atoms with Crippen molar-refractivity contribution in [2.75, 3.05) is 7.11 Å². The molecule has 0 unspecified atom stereocenters. The van der Waals surface area contributed by atoms with Crippen LogP contribution in [0.2, 0.25) is 0 Å². The molecule has 0 saturated heterocycles. The molecule has 1 heterocycles. The average molecular weight is 333 g/mol. The molecule has 1 aromatic heterocycles. The molecule has 0 aliphatic heterocycles. The van der Waals surface area contributed by atoms with Crippen LogP contribution >= 0.6 is 15.9 Å². The molecule has 0 spiro atoms. The largest absolute Gasteiger partial charge is 0.468 e. The zero-order valence-corrected chi connectivity index (χ0v) is 12.6. The van der Waals surface area contributed by atoms with E-state index in [9.17, 15) is 4.79 Å². The Labute approximate surface area is 125 Å². The number of esters is 1. The molecule has 0 bridgehead atoms. The summed E-state index contributed by atoms with van der Waals surface area (Å²) in [5.41, 5.74) is 1.19. The van der Waals surface area contributed by atoms with Gasteiger partial charge in [-0.25, -0.2) is 9.97 Å². The van der Waals surface area contributed by atoms with Gasteiger partial charge in [0, 0.05) is 16.2 Å². The normalized spacial score (nSPS) is 15.7.